The van der Waals surface area contributed by atoms with E-state index >= 15 is 0 Å². The van der Waals surface area contributed by atoms with E-state index in [1.165, 1.54) is 22.3 Å². The van der Waals surface area contributed by atoms with E-state index < -0.39 is 0 Å². The molecule has 172 valence electrons. The number of rotatable bonds is 2. The van der Waals surface area contributed by atoms with Gasteiger partial charge in [0.15, 0.2) is 0 Å². The fraction of sp³-hybridized carbons (Fsp3) is 0.296. The molecule has 3 nitrogen and oxygen atoms in total. The fourth-order valence-corrected chi connectivity index (χ4v) is 4.50. The maximum atomic E-state index is 5.21. The second-order valence-corrected chi connectivity index (χ2v) is 10.3. The second kappa shape index (κ2) is 11.4. The number of aliphatic imine (C=N–C) groups is 2. The van der Waals surface area contributed by atoms with Crippen LogP contribution in [0.3, 0.4) is 0 Å². The fourth-order valence-electron chi connectivity index (χ4n) is 4.50. The van der Waals surface area contributed by atoms with Gasteiger partial charge in [0.05, 0.1) is 34.2 Å². The molecular weight excluding hydrogens is 493 g/mol. The molecular formula is C27H27Cl2FeN3. The number of nitrogens with zero attached hydrogens (tertiary/aromatic N) is 3. The Balaban J connectivity index is 0.000000821. The number of hydrogen-bond donors (Lipinski definition) is 0. The van der Waals surface area contributed by atoms with Crippen molar-refractivity contribution in [1.29, 1.82) is 0 Å². The molecule has 2 aliphatic rings. The van der Waals surface area contributed by atoms with E-state index in [4.69, 9.17) is 35.2 Å². The van der Waals surface area contributed by atoms with Crippen molar-refractivity contribution in [2.75, 3.05) is 0 Å². The first kappa shape index (κ1) is 24.2. The summed E-state index contributed by atoms with van der Waals surface area (Å²) >= 11 is 0.194. The molecule has 0 fully saturated rings. The molecule has 33 heavy (non-hydrogen) atoms. The second-order valence-electron chi connectivity index (χ2n) is 8.45. The van der Waals surface area contributed by atoms with E-state index in [0.29, 0.717) is 0 Å². The molecule has 6 heteroatoms. The van der Waals surface area contributed by atoms with Crippen LogP contribution in [-0.4, -0.2) is 16.4 Å². The molecule has 0 spiro atoms. The zero-order chi connectivity index (χ0) is 23.2. The van der Waals surface area contributed by atoms with Gasteiger partial charge in [-0.05, 0) is 86.8 Å². The Labute approximate surface area is 211 Å². The average molecular weight is 520 g/mol. The summed E-state index contributed by atoms with van der Waals surface area (Å²) in [6.07, 6.45) is 6.43. The topological polar surface area (TPSA) is 37.6 Å². The SMILES string of the molecule is Cc1ccccc1N=C1CCCc2cc3c(nc21)C(=Nc1ccccc1C)CCC3.[Cl][Fe][Cl]. The van der Waals surface area contributed by atoms with Crippen molar-refractivity contribution in [2.24, 2.45) is 9.98 Å². The normalized spacial score (nSPS) is 17.3. The summed E-state index contributed by atoms with van der Waals surface area (Å²) in [4.78, 5) is 15.3. The van der Waals surface area contributed by atoms with E-state index in [-0.39, 0.29) is 13.1 Å². The van der Waals surface area contributed by atoms with Crippen molar-refractivity contribution in [3.05, 3.63) is 88.2 Å². The first-order chi connectivity index (χ1) is 16.1. The Morgan fingerprint density at radius 3 is 1.55 bits per heavy atom. The Hall–Kier alpha value is -1.97. The van der Waals surface area contributed by atoms with Crippen molar-refractivity contribution in [3.8, 4) is 0 Å². The van der Waals surface area contributed by atoms with Crippen LogP contribution < -0.4 is 0 Å². The summed E-state index contributed by atoms with van der Waals surface area (Å²) in [5, 5.41) is 0. The molecule has 0 amide bonds. The number of benzene rings is 2. The molecule has 0 saturated heterocycles. The van der Waals surface area contributed by atoms with Gasteiger partial charge in [-0.25, -0.2) is 4.98 Å². The van der Waals surface area contributed by atoms with Crippen LogP contribution in [0.1, 0.15) is 59.3 Å². The first-order valence-electron chi connectivity index (χ1n) is 11.3. The third kappa shape index (κ3) is 5.75. The zero-order valence-electron chi connectivity index (χ0n) is 18.9. The Bertz CT molecular complexity index is 1110. The molecule has 0 radical (unpaired) electrons. The monoisotopic (exact) mass is 519 g/mol. The molecule has 2 aliphatic carbocycles. The van der Waals surface area contributed by atoms with Crippen LogP contribution in [0, 0.1) is 13.8 Å². The number of fused-ring (bicyclic) bond motifs is 2. The molecule has 0 saturated carbocycles. The average Bonchev–Trinajstić information content (AvgIpc) is 2.82. The molecule has 0 unspecified atom stereocenters. The molecule has 0 atom stereocenters. The van der Waals surface area contributed by atoms with Gasteiger partial charge < -0.3 is 0 Å². The molecule has 5 rings (SSSR count). The number of para-hydroxylation sites is 2. The van der Waals surface area contributed by atoms with Crippen LogP contribution in [-0.2, 0) is 26.0 Å². The molecule has 1 aromatic heterocycles. The summed E-state index contributed by atoms with van der Waals surface area (Å²) in [5.74, 6) is 0. The molecule has 0 N–H and O–H groups in total. The van der Waals surface area contributed by atoms with Gasteiger partial charge in [-0.3, -0.25) is 9.98 Å². The summed E-state index contributed by atoms with van der Waals surface area (Å²) in [6.45, 7) is 4.24. The van der Waals surface area contributed by atoms with Gasteiger partial charge in [0.1, 0.15) is 0 Å². The predicted octanol–water partition coefficient (Wildman–Crippen LogP) is 7.99. The summed E-state index contributed by atoms with van der Waals surface area (Å²) in [7, 11) is 9.53. The van der Waals surface area contributed by atoms with E-state index in [2.05, 4.69) is 68.4 Å². The van der Waals surface area contributed by atoms with Crippen molar-refractivity contribution in [2.45, 2.75) is 52.4 Å². The van der Waals surface area contributed by atoms with Crippen LogP contribution in [0.5, 0.6) is 0 Å². The summed E-state index contributed by atoms with van der Waals surface area (Å²) < 4.78 is 0. The van der Waals surface area contributed by atoms with Crippen LogP contribution >= 0.6 is 20.2 Å². The standard InChI is InChI=1S/C27H27N3.2ClH.Fe/c1-18-9-3-5-13-22(18)28-24-15-7-11-20-17-21-12-8-16-25(27(21)30-26(20)24)29-23-14-6-4-10-19(23)2;;;/h3-6,9-10,13-14,17H,7-8,11-12,15-16H2,1-2H3;2*1H;/q;;;+2/p-2. The number of pyridine rings is 1. The molecule has 0 aliphatic heterocycles. The van der Waals surface area contributed by atoms with Gasteiger partial charge in [0.2, 0.25) is 0 Å². The van der Waals surface area contributed by atoms with Gasteiger partial charge in [0.25, 0.3) is 0 Å². The van der Waals surface area contributed by atoms with Gasteiger partial charge >= 0.3 is 33.3 Å². The van der Waals surface area contributed by atoms with Crippen LogP contribution in [0.2, 0.25) is 0 Å². The Kier molecular flexibility index (Phi) is 8.38. The first-order valence-corrected chi connectivity index (χ1v) is 14.3. The van der Waals surface area contributed by atoms with Crippen molar-refractivity contribution < 1.29 is 13.1 Å². The summed E-state index contributed by atoms with van der Waals surface area (Å²) in [5.41, 5.74) is 11.6. The van der Waals surface area contributed by atoms with Crippen LogP contribution in [0.15, 0.2) is 64.6 Å². The molecule has 3 aromatic rings. The van der Waals surface area contributed by atoms with E-state index in [1.54, 1.807) is 0 Å². The van der Waals surface area contributed by atoms with Gasteiger partial charge in [-0.1, -0.05) is 42.5 Å². The third-order valence-corrected chi connectivity index (χ3v) is 6.19. The molecule has 2 aromatic carbocycles. The van der Waals surface area contributed by atoms with Gasteiger partial charge in [0, 0.05) is 0 Å². The Morgan fingerprint density at radius 2 is 1.12 bits per heavy atom. The van der Waals surface area contributed by atoms with E-state index in [1.807, 2.05) is 0 Å². The van der Waals surface area contributed by atoms with Gasteiger partial charge in [-0.15, -0.1) is 0 Å². The third-order valence-electron chi connectivity index (χ3n) is 6.19. The maximum absolute atomic E-state index is 5.21. The minimum absolute atomic E-state index is 0.194. The summed E-state index contributed by atoms with van der Waals surface area (Å²) in [6, 6.07) is 19.1. The minimum atomic E-state index is 0.194. The predicted molar refractivity (Wildman–Crippen MR) is 137 cm³/mol. The quantitative estimate of drug-likeness (QED) is 0.316. The van der Waals surface area contributed by atoms with Crippen LogP contribution in [0.25, 0.3) is 0 Å². The number of halogens is 2. The van der Waals surface area contributed by atoms with E-state index in [9.17, 15) is 0 Å². The van der Waals surface area contributed by atoms with Crippen molar-refractivity contribution in [3.63, 3.8) is 0 Å². The van der Waals surface area contributed by atoms with Gasteiger partial charge in [-0.2, -0.15) is 0 Å². The van der Waals surface area contributed by atoms with Crippen molar-refractivity contribution in [1.82, 2.24) is 4.98 Å². The molecule has 0 bridgehead atoms. The zero-order valence-corrected chi connectivity index (χ0v) is 21.5. The Morgan fingerprint density at radius 1 is 0.697 bits per heavy atom. The number of hydrogen-bond acceptors (Lipinski definition) is 3. The van der Waals surface area contributed by atoms with Crippen molar-refractivity contribution >= 4 is 43.0 Å². The van der Waals surface area contributed by atoms with E-state index in [0.717, 1.165) is 72.7 Å². The number of aryl methyl sites for hydroxylation is 4. The molecule has 1 heterocycles. The number of aromatic nitrogens is 1. The van der Waals surface area contributed by atoms with Crippen LogP contribution in [0.4, 0.5) is 11.4 Å².